The standard InChI is InChI=1S/C20H31Cl3O/c1-5-6-7-8-9-13-16-19(20(21,22)23,24-18(2,3)4)17-14-11-10-12-15-17/h10-12,14-15H,5-9,13,16H2,1-4H3. The van der Waals surface area contributed by atoms with Crippen molar-refractivity contribution in [3.8, 4) is 0 Å². The highest BCUT2D eigenvalue weighted by Crippen LogP contribution is 2.52. The van der Waals surface area contributed by atoms with Crippen molar-refractivity contribution in [2.45, 2.75) is 87.6 Å². The molecule has 1 rings (SSSR count). The number of hydrogen-bond donors (Lipinski definition) is 0. The van der Waals surface area contributed by atoms with E-state index in [1.54, 1.807) is 0 Å². The number of halogens is 3. The van der Waals surface area contributed by atoms with Gasteiger partial charge in [-0.3, -0.25) is 0 Å². The molecule has 24 heavy (non-hydrogen) atoms. The van der Waals surface area contributed by atoms with Gasteiger partial charge in [0.05, 0.1) is 5.60 Å². The third-order valence-corrected chi connectivity index (χ3v) is 4.98. The molecule has 1 unspecified atom stereocenters. The second-order valence-electron chi connectivity index (χ2n) is 7.42. The summed E-state index contributed by atoms with van der Waals surface area (Å²) >= 11 is 19.4. The Kier molecular flexibility index (Phi) is 8.90. The first kappa shape index (κ1) is 22.1. The molecule has 0 amide bonds. The summed E-state index contributed by atoms with van der Waals surface area (Å²) in [6.45, 7) is 8.23. The van der Waals surface area contributed by atoms with E-state index in [1.165, 1.54) is 25.7 Å². The summed E-state index contributed by atoms with van der Waals surface area (Å²) in [4.78, 5) is 0. The SMILES string of the molecule is CCCCCCCCC(OC(C)(C)C)(c1ccccc1)C(Cl)(Cl)Cl. The molecule has 1 nitrogen and oxygen atoms in total. The number of ether oxygens (including phenoxy) is 1. The van der Waals surface area contributed by atoms with E-state index in [1.807, 2.05) is 51.1 Å². The monoisotopic (exact) mass is 392 g/mol. The molecular formula is C20H31Cl3O. The number of hydrogen-bond acceptors (Lipinski definition) is 1. The van der Waals surface area contributed by atoms with Gasteiger partial charge in [-0.1, -0.05) is 111 Å². The average Bonchev–Trinajstić information content (AvgIpc) is 2.48. The maximum absolute atomic E-state index is 6.46. The summed E-state index contributed by atoms with van der Waals surface area (Å²) in [6, 6.07) is 9.88. The lowest BCUT2D eigenvalue weighted by Crippen LogP contribution is -2.47. The van der Waals surface area contributed by atoms with Crippen LogP contribution in [-0.2, 0) is 10.3 Å². The number of alkyl halides is 3. The minimum atomic E-state index is -1.54. The lowest BCUT2D eigenvalue weighted by atomic mass is 9.88. The molecule has 0 saturated carbocycles. The molecular weight excluding hydrogens is 363 g/mol. The van der Waals surface area contributed by atoms with Gasteiger partial charge in [0.25, 0.3) is 0 Å². The predicted molar refractivity (Wildman–Crippen MR) is 107 cm³/mol. The van der Waals surface area contributed by atoms with Gasteiger partial charge >= 0.3 is 0 Å². The molecule has 0 aliphatic rings. The van der Waals surface area contributed by atoms with Gasteiger partial charge in [-0.15, -0.1) is 0 Å². The minimum absolute atomic E-state index is 0.415. The fraction of sp³-hybridized carbons (Fsp3) is 0.700. The smallest absolute Gasteiger partial charge is 0.223 e. The molecule has 0 N–H and O–H groups in total. The summed E-state index contributed by atoms with van der Waals surface area (Å²) in [5, 5.41) is 0. The van der Waals surface area contributed by atoms with Crippen LogP contribution < -0.4 is 0 Å². The summed E-state index contributed by atoms with van der Waals surface area (Å²) < 4.78 is 4.87. The molecule has 0 aromatic heterocycles. The number of unbranched alkanes of at least 4 members (excludes halogenated alkanes) is 5. The number of rotatable bonds is 9. The second-order valence-corrected chi connectivity index (χ2v) is 9.70. The van der Waals surface area contributed by atoms with Gasteiger partial charge in [0, 0.05) is 0 Å². The van der Waals surface area contributed by atoms with E-state index in [4.69, 9.17) is 39.5 Å². The molecule has 0 aliphatic carbocycles. The Morgan fingerprint density at radius 1 is 0.833 bits per heavy atom. The maximum Gasteiger partial charge on any atom is 0.223 e. The first-order chi connectivity index (χ1) is 11.1. The van der Waals surface area contributed by atoms with E-state index in [-0.39, 0.29) is 0 Å². The second kappa shape index (κ2) is 9.67. The van der Waals surface area contributed by atoms with Crippen LogP contribution in [0.2, 0.25) is 0 Å². The number of benzene rings is 1. The van der Waals surface area contributed by atoms with Crippen molar-refractivity contribution in [2.24, 2.45) is 0 Å². The molecule has 0 heterocycles. The largest absolute Gasteiger partial charge is 0.360 e. The predicted octanol–water partition coefficient (Wildman–Crippen LogP) is 7.82. The summed E-state index contributed by atoms with van der Waals surface area (Å²) in [7, 11) is 0. The highest BCUT2D eigenvalue weighted by molar-refractivity contribution is 6.68. The Labute approximate surface area is 163 Å². The van der Waals surface area contributed by atoms with Crippen molar-refractivity contribution < 1.29 is 4.74 Å². The van der Waals surface area contributed by atoms with Crippen LogP contribution in [0.4, 0.5) is 0 Å². The Hall–Kier alpha value is 0.0500. The van der Waals surface area contributed by atoms with Crippen LogP contribution in [0.1, 0.15) is 78.2 Å². The van der Waals surface area contributed by atoms with Crippen LogP contribution >= 0.6 is 34.8 Å². The molecule has 138 valence electrons. The summed E-state index contributed by atoms with van der Waals surface area (Å²) in [6.07, 6.45) is 7.81. The zero-order chi connectivity index (χ0) is 18.3. The van der Waals surface area contributed by atoms with Gasteiger partial charge < -0.3 is 4.74 Å². The average molecular weight is 394 g/mol. The molecule has 0 aliphatic heterocycles. The normalized spacial score (nSPS) is 15.3. The zero-order valence-electron chi connectivity index (χ0n) is 15.4. The van der Waals surface area contributed by atoms with Gasteiger partial charge in [0.2, 0.25) is 3.79 Å². The Morgan fingerprint density at radius 3 is 1.88 bits per heavy atom. The van der Waals surface area contributed by atoms with Crippen LogP contribution in [0, 0.1) is 0 Å². The van der Waals surface area contributed by atoms with Crippen molar-refractivity contribution >= 4 is 34.8 Å². The molecule has 0 spiro atoms. The van der Waals surface area contributed by atoms with E-state index >= 15 is 0 Å². The van der Waals surface area contributed by atoms with Gasteiger partial charge in [-0.05, 0) is 32.8 Å². The molecule has 0 bridgehead atoms. The van der Waals surface area contributed by atoms with Crippen molar-refractivity contribution in [1.29, 1.82) is 0 Å². The van der Waals surface area contributed by atoms with Crippen molar-refractivity contribution in [1.82, 2.24) is 0 Å². The van der Waals surface area contributed by atoms with Gasteiger partial charge in [0.1, 0.15) is 5.60 Å². The van der Waals surface area contributed by atoms with Crippen molar-refractivity contribution in [2.75, 3.05) is 0 Å². The first-order valence-corrected chi connectivity index (χ1v) is 10.1. The van der Waals surface area contributed by atoms with Crippen LogP contribution in [0.5, 0.6) is 0 Å². The quantitative estimate of drug-likeness (QED) is 0.307. The van der Waals surface area contributed by atoms with Crippen LogP contribution in [-0.4, -0.2) is 9.39 Å². The van der Waals surface area contributed by atoms with Gasteiger partial charge in [0.15, 0.2) is 0 Å². The Morgan fingerprint density at radius 2 is 1.38 bits per heavy atom. The first-order valence-electron chi connectivity index (χ1n) is 8.95. The topological polar surface area (TPSA) is 9.23 Å². The maximum atomic E-state index is 6.46. The van der Waals surface area contributed by atoms with Crippen LogP contribution in [0.3, 0.4) is 0 Å². The summed E-state index contributed by atoms with van der Waals surface area (Å²) in [5.74, 6) is 0. The molecule has 1 atom stereocenters. The zero-order valence-corrected chi connectivity index (χ0v) is 17.6. The van der Waals surface area contributed by atoms with E-state index in [0.29, 0.717) is 6.42 Å². The Bertz CT molecular complexity index is 462. The van der Waals surface area contributed by atoms with E-state index in [0.717, 1.165) is 18.4 Å². The third kappa shape index (κ3) is 6.75. The highest BCUT2D eigenvalue weighted by atomic mass is 35.6. The van der Waals surface area contributed by atoms with Crippen LogP contribution in [0.15, 0.2) is 30.3 Å². The molecule has 0 fully saturated rings. The molecule has 1 aromatic carbocycles. The lowest BCUT2D eigenvalue weighted by Gasteiger charge is -2.44. The highest BCUT2D eigenvalue weighted by Gasteiger charge is 2.52. The molecule has 1 aromatic rings. The van der Waals surface area contributed by atoms with Crippen molar-refractivity contribution in [3.05, 3.63) is 35.9 Å². The minimum Gasteiger partial charge on any atom is -0.360 e. The van der Waals surface area contributed by atoms with Gasteiger partial charge in [-0.2, -0.15) is 0 Å². The van der Waals surface area contributed by atoms with E-state index < -0.39 is 15.0 Å². The Balaban J connectivity index is 3.00. The fourth-order valence-electron chi connectivity index (χ4n) is 3.00. The van der Waals surface area contributed by atoms with E-state index in [9.17, 15) is 0 Å². The summed E-state index contributed by atoms with van der Waals surface area (Å²) in [5.41, 5.74) is -0.433. The van der Waals surface area contributed by atoms with Gasteiger partial charge in [-0.25, -0.2) is 0 Å². The molecule has 0 radical (unpaired) electrons. The lowest BCUT2D eigenvalue weighted by molar-refractivity contribution is -0.141. The van der Waals surface area contributed by atoms with Crippen LogP contribution in [0.25, 0.3) is 0 Å². The molecule has 4 heteroatoms. The van der Waals surface area contributed by atoms with E-state index in [2.05, 4.69) is 6.92 Å². The van der Waals surface area contributed by atoms with Crippen molar-refractivity contribution in [3.63, 3.8) is 0 Å². The third-order valence-electron chi connectivity index (χ3n) is 4.06. The fourth-order valence-corrected chi connectivity index (χ4v) is 3.73. The molecule has 0 saturated heterocycles.